The SMILES string of the molecule is Cc1ccc(-c2cn3nc(C(=O)NC(C)CN4CCOCC4)c(C4CC4)c3c(=O)[nH]2)cc1C. The predicted octanol–water partition coefficient (Wildman–Crippen LogP) is 2.63. The molecule has 2 aliphatic rings. The number of hydrogen-bond donors (Lipinski definition) is 2. The lowest BCUT2D eigenvalue weighted by atomic mass is 10.0. The summed E-state index contributed by atoms with van der Waals surface area (Å²) in [7, 11) is 0. The maximum absolute atomic E-state index is 13.2. The summed E-state index contributed by atoms with van der Waals surface area (Å²) in [6.45, 7) is 10.1. The van der Waals surface area contributed by atoms with Gasteiger partial charge in [0.25, 0.3) is 11.5 Å². The Morgan fingerprint density at radius 1 is 1.24 bits per heavy atom. The molecule has 33 heavy (non-hydrogen) atoms. The monoisotopic (exact) mass is 449 g/mol. The van der Waals surface area contributed by atoms with Crippen LogP contribution in [0.15, 0.2) is 29.2 Å². The zero-order valence-electron chi connectivity index (χ0n) is 19.5. The van der Waals surface area contributed by atoms with Crippen molar-refractivity contribution in [1.82, 2.24) is 24.8 Å². The Balaban J connectivity index is 1.46. The molecule has 8 heteroatoms. The van der Waals surface area contributed by atoms with E-state index in [1.807, 2.05) is 25.3 Å². The van der Waals surface area contributed by atoms with Crippen molar-refractivity contribution < 1.29 is 9.53 Å². The fraction of sp³-hybridized carbons (Fsp3) is 0.480. The van der Waals surface area contributed by atoms with Crippen LogP contribution in [0.4, 0.5) is 0 Å². The Morgan fingerprint density at radius 2 is 2.00 bits per heavy atom. The van der Waals surface area contributed by atoms with Crippen molar-refractivity contribution in [2.75, 3.05) is 32.8 Å². The number of carbonyl (C=O) groups is 1. The van der Waals surface area contributed by atoms with Crippen molar-refractivity contribution in [3.05, 3.63) is 57.1 Å². The van der Waals surface area contributed by atoms with E-state index in [1.54, 1.807) is 4.52 Å². The lowest BCUT2D eigenvalue weighted by Gasteiger charge is -2.29. The molecule has 1 aromatic carbocycles. The number of nitrogens with zero attached hydrogens (tertiary/aromatic N) is 3. The molecule has 1 amide bonds. The molecular formula is C25H31N5O3. The van der Waals surface area contributed by atoms with Crippen LogP contribution in [0.5, 0.6) is 0 Å². The highest BCUT2D eigenvalue weighted by molar-refractivity contribution is 5.96. The summed E-state index contributed by atoms with van der Waals surface area (Å²) < 4.78 is 7.00. The molecule has 1 unspecified atom stereocenters. The Kier molecular flexibility index (Phi) is 5.80. The third-order valence-electron chi connectivity index (χ3n) is 6.69. The van der Waals surface area contributed by atoms with Gasteiger partial charge < -0.3 is 15.0 Å². The zero-order valence-corrected chi connectivity index (χ0v) is 19.5. The summed E-state index contributed by atoms with van der Waals surface area (Å²) in [5.41, 5.74) is 5.38. The molecular weight excluding hydrogens is 418 g/mol. The number of ether oxygens (including phenoxy) is 1. The van der Waals surface area contributed by atoms with E-state index in [4.69, 9.17) is 4.74 Å². The summed E-state index contributed by atoms with van der Waals surface area (Å²) in [5.74, 6) is -0.000131. The molecule has 1 saturated carbocycles. The molecule has 0 spiro atoms. The lowest BCUT2D eigenvalue weighted by Crippen LogP contribution is -2.46. The van der Waals surface area contributed by atoms with E-state index in [0.29, 0.717) is 16.9 Å². The second-order valence-electron chi connectivity index (χ2n) is 9.41. The molecule has 174 valence electrons. The first-order chi connectivity index (χ1) is 15.9. The molecule has 1 atom stereocenters. The third-order valence-corrected chi connectivity index (χ3v) is 6.69. The van der Waals surface area contributed by atoms with E-state index in [0.717, 1.165) is 62.4 Å². The van der Waals surface area contributed by atoms with Crippen molar-refractivity contribution in [2.24, 2.45) is 0 Å². The normalized spacial score (nSPS) is 17.9. The van der Waals surface area contributed by atoms with E-state index in [-0.39, 0.29) is 23.4 Å². The Morgan fingerprint density at radius 3 is 2.70 bits per heavy atom. The van der Waals surface area contributed by atoms with Crippen molar-refractivity contribution in [1.29, 1.82) is 0 Å². The number of aromatic nitrogens is 3. The van der Waals surface area contributed by atoms with Crippen LogP contribution < -0.4 is 10.9 Å². The second-order valence-corrected chi connectivity index (χ2v) is 9.41. The smallest absolute Gasteiger partial charge is 0.274 e. The summed E-state index contributed by atoms with van der Waals surface area (Å²) in [6.07, 6.45) is 3.77. The number of aryl methyl sites for hydroxylation is 2. The van der Waals surface area contributed by atoms with Crippen molar-refractivity contribution in [3.8, 4) is 11.3 Å². The number of hydrogen-bond acceptors (Lipinski definition) is 5. The summed E-state index contributed by atoms with van der Waals surface area (Å²) in [6, 6.07) is 6.06. The molecule has 2 N–H and O–H groups in total. The maximum Gasteiger partial charge on any atom is 0.274 e. The molecule has 0 bridgehead atoms. The molecule has 2 aromatic heterocycles. The van der Waals surface area contributed by atoms with Gasteiger partial charge in [-0.15, -0.1) is 0 Å². The molecule has 2 fully saturated rings. The maximum atomic E-state index is 13.2. The molecule has 0 radical (unpaired) electrons. The highest BCUT2D eigenvalue weighted by Crippen LogP contribution is 2.43. The second kappa shape index (κ2) is 8.76. The molecule has 1 aliphatic carbocycles. The van der Waals surface area contributed by atoms with Crippen LogP contribution >= 0.6 is 0 Å². The van der Waals surface area contributed by atoms with Crippen molar-refractivity contribution >= 4 is 11.4 Å². The van der Waals surface area contributed by atoms with Crippen LogP contribution in [0.1, 0.15) is 52.9 Å². The molecule has 1 saturated heterocycles. The number of amides is 1. The van der Waals surface area contributed by atoms with Crippen LogP contribution in [0.2, 0.25) is 0 Å². The summed E-state index contributed by atoms with van der Waals surface area (Å²) in [4.78, 5) is 31.7. The molecule has 3 aromatic rings. The summed E-state index contributed by atoms with van der Waals surface area (Å²) >= 11 is 0. The number of rotatable bonds is 6. The van der Waals surface area contributed by atoms with Gasteiger partial charge in [-0.25, -0.2) is 4.52 Å². The van der Waals surface area contributed by atoms with E-state index < -0.39 is 0 Å². The number of nitrogens with one attached hydrogen (secondary N) is 2. The van der Waals surface area contributed by atoms with Gasteiger partial charge in [0.15, 0.2) is 5.69 Å². The van der Waals surface area contributed by atoms with E-state index >= 15 is 0 Å². The Hall–Kier alpha value is -2.97. The fourth-order valence-electron chi connectivity index (χ4n) is 4.59. The minimum atomic E-state index is -0.214. The molecule has 5 rings (SSSR count). The van der Waals surface area contributed by atoms with Gasteiger partial charge in [-0.3, -0.25) is 14.5 Å². The van der Waals surface area contributed by atoms with Gasteiger partial charge in [0.2, 0.25) is 0 Å². The molecule has 1 aliphatic heterocycles. The largest absolute Gasteiger partial charge is 0.379 e. The highest BCUT2D eigenvalue weighted by Gasteiger charge is 2.34. The topological polar surface area (TPSA) is 91.7 Å². The number of morpholine rings is 1. The predicted molar refractivity (Wildman–Crippen MR) is 127 cm³/mol. The first kappa shape index (κ1) is 21.9. The van der Waals surface area contributed by atoms with Crippen LogP contribution in [0.3, 0.4) is 0 Å². The first-order valence-electron chi connectivity index (χ1n) is 11.7. The fourth-order valence-corrected chi connectivity index (χ4v) is 4.59. The number of benzene rings is 1. The third kappa shape index (κ3) is 4.45. The van der Waals surface area contributed by atoms with Gasteiger partial charge >= 0.3 is 0 Å². The Bertz CT molecular complexity index is 1250. The number of fused-ring (bicyclic) bond motifs is 1. The van der Waals surface area contributed by atoms with Crippen LogP contribution in [0.25, 0.3) is 16.8 Å². The van der Waals surface area contributed by atoms with E-state index in [1.165, 1.54) is 5.56 Å². The van der Waals surface area contributed by atoms with E-state index in [2.05, 4.69) is 40.2 Å². The zero-order chi connectivity index (χ0) is 23.1. The first-order valence-corrected chi connectivity index (χ1v) is 11.7. The lowest BCUT2D eigenvalue weighted by molar-refractivity contribution is 0.0342. The van der Waals surface area contributed by atoms with Gasteiger partial charge in [-0.1, -0.05) is 12.1 Å². The van der Waals surface area contributed by atoms with Gasteiger partial charge in [0, 0.05) is 31.2 Å². The van der Waals surface area contributed by atoms with Crippen LogP contribution in [0, 0.1) is 13.8 Å². The number of H-pyrrole nitrogens is 1. The van der Waals surface area contributed by atoms with Gasteiger partial charge in [0.05, 0.1) is 25.1 Å². The minimum Gasteiger partial charge on any atom is -0.379 e. The summed E-state index contributed by atoms with van der Waals surface area (Å²) in [5, 5.41) is 7.71. The van der Waals surface area contributed by atoms with Crippen molar-refractivity contribution in [2.45, 2.75) is 45.6 Å². The average molecular weight is 450 g/mol. The van der Waals surface area contributed by atoms with E-state index in [9.17, 15) is 9.59 Å². The van der Waals surface area contributed by atoms with Gasteiger partial charge in [-0.05, 0) is 62.3 Å². The van der Waals surface area contributed by atoms with Crippen molar-refractivity contribution in [3.63, 3.8) is 0 Å². The minimum absolute atomic E-state index is 0.0307. The van der Waals surface area contributed by atoms with Gasteiger partial charge in [-0.2, -0.15) is 5.10 Å². The van der Waals surface area contributed by atoms with Crippen LogP contribution in [-0.2, 0) is 4.74 Å². The number of aromatic amines is 1. The Labute approximate surface area is 192 Å². The average Bonchev–Trinajstić information content (AvgIpc) is 3.55. The highest BCUT2D eigenvalue weighted by atomic mass is 16.5. The quantitative estimate of drug-likeness (QED) is 0.604. The van der Waals surface area contributed by atoms with Gasteiger partial charge in [0.1, 0.15) is 5.52 Å². The molecule has 3 heterocycles. The number of carbonyl (C=O) groups excluding carboxylic acids is 1. The van der Waals surface area contributed by atoms with Crippen LogP contribution in [-0.4, -0.2) is 64.3 Å². The molecule has 8 nitrogen and oxygen atoms in total. The standard InChI is InChI=1S/C25H31N5O3/c1-15-4-5-19(12-16(15)2)20-14-30-23(25(32)27-20)21(18-6-7-18)22(28-30)24(31)26-17(3)13-29-8-10-33-11-9-29/h4-5,12,14,17-18H,6-11,13H2,1-3H3,(H,26,31)(H,27,32).